The standard InChI is InChI=1S/C25H23Cl2N3O4S/c26-17-3-1-14(9-18(17)27)22(30-8-5-16(31)12-30)21-11-28-24(35-21)29-23(32)25(6-7-25)15-2-4-19-20(10-15)34-13-33-19/h1-4,9-11,16,22,31H,5-8,12-13H2,(H,28,29,32)/t16-,22?/m1/s1. The maximum Gasteiger partial charge on any atom is 0.236 e. The maximum atomic E-state index is 13.3. The van der Waals surface area contributed by atoms with E-state index in [1.54, 1.807) is 12.3 Å². The molecular formula is C25H23Cl2N3O4S. The van der Waals surface area contributed by atoms with Crippen LogP contribution in [0.25, 0.3) is 0 Å². The van der Waals surface area contributed by atoms with E-state index >= 15 is 0 Å². The number of carbonyl (C=O) groups excluding carboxylic acids is 1. The Morgan fingerprint density at radius 1 is 1.17 bits per heavy atom. The third kappa shape index (κ3) is 4.27. The lowest BCUT2D eigenvalue weighted by Gasteiger charge is -2.27. The summed E-state index contributed by atoms with van der Waals surface area (Å²) in [6, 6.07) is 11.1. The van der Waals surface area contributed by atoms with Gasteiger partial charge in [0.2, 0.25) is 12.7 Å². The first kappa shape index (κ1) is 23.1. The van der Waals surface area contributed by atoms with Crippen LogP contribution in [0.3, 0.4) is 0 Å². The molecule has 1 unspecified atom stereocenters. The van der Waals surface area contributed by atoms with Gasteiger partial charge in [0.25, 0.3) is 0 Å². The number of rotatable bonds is 6. The Morgan fingerprint density at radius 2 is 2.00 bits per heavy atom. The van der Waals surface area contributed by atoms with Crippen molar-refractivity contribution in [1.29, 1.82) is 0 Å². The van der Waals surface area contributed by atoms with Gasteiger partial charge in [-0.1, -0.05) is 46.7 Å². The van der Waals surface area contributed by atoms with E-state index in [1.807, 2.05) is 30.3 Å². The zero-order valence-electron chi connectivity index (χ0n) is 18.7. The summed E-state index contributed by atoms with van der Waals surface area (Å²) in [7, 11) is 0. The number of aromatic nitrogens is 1. The van der Waals surface area contributed by atoms with Crippen molar-refractivity contribution in [3.8, 4) is 11.5 Å². The Kier molecular flexibility index (Phi) is 5.89. The normalized spacial score (nSPS) is 21.2. The topological polar surface area (TPSA) is 83.9 Å². The maximum absolute atomic E-state index is 13.3. The van der Waals surface area contributed by atoms with Gasteiger partial charge in [0, 0.05) is 24.2 Å². The fraction of sp³-hybridized carbons (Fsp3) is 0.360. The Hall–Kier alpha value is -2.36. The van der Waals surface area contributed by atoms with Crippen LogP contribution in [0.1, 0.15) is 41.3 Å². The van der Waals surface area contributed by atoms with Gasteiger partial charge in [0.05, 0.1) is 27.6 Å². The number of ether oxygens (including phenoxy) is 2. The van der Waals surface area contributed by atoms with Crippen molar-refractivity contribution in [3.63, 3.8) is 0 Å². The van der Waals surface area contributed by atoms with Crippen LogP contribution in [0.2, 0.25) is 10.0 Å². The summed E-state index contributed by atoms with van der Waals surface area (Å²) in [5, 5.41) is 14.7. The van der Waals surface area contributed by atoms with Gasteiger partial charge in [-0.3, -0.25) is 9.69 Å². The lowest BCUT2D eigenvalue weighted by Crippen LogP contribution is -2.28. The van der Waals surface area contributed by atoms with Gasteiger partial charge in [0.1, 0.15) is 0 Å². The van der Waals surface area contributed by atoms with E-state index in [0.29, 0.717) is 39.6 Å². The molecular weight excluding hydrogens is 509 g/mol. The van der Waals surface area contributed by atoms with E-state index < -0.39 is 5.41 Å². The number of nitrogens with one attached hydrogen (secondary N) is 1. The fourth-order valence-corrected chi connectivity index (χ4v) is 6.17. The third-order valence-electron chi connectivity index (χ3n) is 6.94. The number of amides is 1. The minimum atomic E-state index is -0.574. The van der Waals surface area contributed by atoms with Gasteiger partial charge >= 0.3 is 0 Å². The number of aliphatic hydroxyl groups is 1. The number of likely N-dealkylation sites (tertiary alicyclic amines) is 1. The van der Waals surface area contributed by atoms with Crippen LogP contribution in [-0.2, 0) is 10.2 Å². The van der Waals surface area contributed by atoms with Crippen molar-refractivity contribution in [3.05, 3.63) is 68.6 Å². The highest BCUT2D eigenvalue weighted by Crippen LogP contribution is 2.51. The molecule has 1 aliphatic carbocycles. The summed E-state index contributed by atoms with van der Waals surface area (Å²) >= 11 is 13.9. The first-order chi connectivity index (χ1) is 16.9. The summed E-state index contributed by atoms with van der Waals surface area (Å²) in [6.07, 6.45) is 3.67. The van der Waals surface area contributed by atoms with Crippen molar-refractivity contribution < 1.29 is 19.4 Å². The fourth-order valence-electron chi connectivity index (χ4n) is 4.89. The number of β-amino-alcohol motifs (C(OH)–C–C–N with tert-alkyl or cyclic N) is 1. The Morgan fingerprint density at radius 3 is 2.74 bits per heavy atom. The number of thiazole rings is 1. The number of halogens is 2. The number of hydrogen-bond acceptors (Lipinski definition) is 7. The number of carbonyl (C=O) groups is 1. The summed E-state index contributed by atoms with van der Waals surface area (Å²) in [5.74, 6) is 1.31. The van der Waals surface area contributed by atoms with Crippen LogP contribution in [0.4, 0.5) is 5.13 Å². The molecule has 0 radical (unpaired) electrons. The highest BCUT2D eigenvalue weighted by molar-refractivity contribution is 7.15. The molecule has 3 heterocycles. The molecule has 1 aromatic heterocycles. The lowest BCUT2D eigenvalue weighted by atomic mass is 9.94. The first-order valence-corrected chi connectivity index (χ1v) is 13.0. The number of aliphatic hydroxyl groups excluding tert-OH is 1. The molecule has 0 bridgehead atoms. The Bertz CT molecular complexity index is 1300. The predicted molar refractivity (Wildman–Crippen MR) is 135 cm³/mol. The highest BCUT2D eigenvalue weighted by atomic mass is 35.5. The van der Waals surface area contributed by atoms with Crippen molar-refractivity contribution in [1.82, 2.24) is 9.88 Å². The van der Waals surface area contributed by atoms with Crippen LogP contribution >= 0.6 is 34.5 Å². The largest absolute Gasteiger partial charge is 0.454 e. The second-order valence-electron chi connectivity index (χ2n) is 9.19. The van der Waals surface area contributed by atoms with E-state index in [1.165, 1.54) is 11.3 Å². The molecule has 2 atom stereocenters. The van der Waals surface area contributed by atoms with E-state index in [4.69, 9.17) is 32.7 Å². The number of hydrogen-bond donors (Lipinski definition) is 2. The molecule has 10 heteroatoms. The smallest absolute Gasteiger partial charge is 0.236 e. The highest BCUT2D eigenvalue weighted by Gasteiger charge is 2.52. The predicted octanol–water partition coefficient (Wildman–Crippen LogP) is 5.00. The van der Waals surface area contributed by atoms with Gasteiger partial charge in [-0.15, -0.1) is 0 Å². The molecule has 0 spiro atoms. The molecule has 35 heavy (non-hydrogen) atoms. The van der Waals surface area contributed by atoms with Gasteiger partial charge in [-0.05, 0) is 54.7 Å². The molecule has 1 amide bonds. The van der Waals surface area contributed by atoms with Crippen LogP contribution in [-0.4, -0.2) is 46.9 Å². The molecule has 2 aromatic carbocycles. The quantitative estimate of drug-likeness (QED) is 0.465. The molecule has 1 saturated heterocycles. The molecule has 2 aliphatic heterocycles. The third-order valence-corrected chi connectivity index (χ3v) is 8.65. The summed E-state index contributed by atoms with van der Waals surface area (Å²) in [5.41, 5.74) is 1.32. The van der Waals surface area contributed by atoms with Crippen molar-refractivity contribution in [2.45, 2.75) is 36.8 Å². The minimum Gasteiger partial charge on any atom is -0.454 e. The minimum absolute atomic E-state index is 0.0695. The summed E-state index contributed by atoms with van der Waals surface area (Å²) < 4.78 is 10.9. The average molecular weight is 532 g/mol. The second-order valence-corrected chi connectivity index (χ2v) is 11.1. The van der Waals surface area contributed by atoms with Crippen molar-refractivity contribution >= 4 is 45.6 Å². The average Bonchev–Trinajstić information content (AvgIpc) is 3.13. The first-order valence-electron chi connectivity index (χ1n) is 11.5. The lowest BCUT2D eigenvalue weighted by molar-refractivity contribution is -0.118. The summed E-state index contributed by atoms with van der Waals surface area (Å²) in [6.45, 7) is 1.50. The second kappa shape index (κ2) is 8.94. The van der Waals surface area contributed by atoms with Crippen LogP contribution in [0.5, 0.6) is 11.5 Å². The molecule has 7 nitrogen and oxygen atoms in total. The zero-order valence-corrected chi connectivity index (χ0v) is 21.0. The molecule has 2 fully saturated rings. The van der Waals surface area contributed by atoms with E-state index in [0.717, 1.165) is 35.4 Å². The van der Waals surface area contributed by atoms with Crippen LogP contribution < -0.4 is 14.8 Å². The van der Waals surface area contributed by atoms with Gasteiger partial charge < -0.3 is 19.9 Å². The van der Waals surface area contributed by atoms with E-state index in [-0.39, 0.29) is 24.8 Å². The van der Waals surface area contributed by atoms with Gasteiger partial charge in [0.15, 0.2) is 16.6 Å². The molecule has 2 N–H and O–H groups in total. The molecule has 3 aromatic rings. The number of anilines is 1. The Labute approximate surface area is 216 Å². The van der Waals surface area contributed by atoms with Crippen LogP contribution in [0, 0.1) is 0 Å². The zero-order chi connectivity index (χ0) is 24.2. The monoisotopic (exact) mass is 531 g/mol. The number of benzene rings is 2. The molecule has 3 aliphatic rings. The summed E-state index contributed by atoms with van der Waals surface area (Å²) in [4.78, 5) is 21.0. The number of nitrogens with zero attached hydrogens (tertiary/aromatic N) is 2. The molecule has 6 rings (SSSR count). The SMILES string of the molecule is O=C(Nc1ncc(C(c2ccc(Cl)c(Cl)c2)N2CC[C@@H](O)C2)s1)C1(c2ccc3c(c2)OCO3)CC1. The van der Waals surface area contributed by atoms with Crippen molar-refractivity contribution in [2.75, 3.05) is 25.2 Å². The Balaban J connectivity index is 1.25. The van der Waals surface area contributed by atoms with E-state index in [9.17, 15) is 9.90 Å². The van der Waals surface area contributed by atoms with Gasteiger partial charge in [-0.2, -0.15) is 0 Å². The van der Waals surface area contributed by atoms with Crippen molar-refractivity contribution in [2.24, 2.45) is 0 Å². The number of fused-ring (bicyclic) bond motifs is 1. The van der Waals surface area contributed by atoms with Crippen LogP contribution in [0.15, 0.2) is 42.6 Å². The van der Waals surface area contributed by atoms with E-state index in [2.05, 4.69) is 15.2 Å². The molecule has 1 saturated carbocycles. The van der Waals surface area contributed by atoms with Gasteiger partial charge in [-0.25, -0.2) is 4.98 Å². The molecule has 182 valence electrons.